The summed E-state index contributed by atoms with van der Waals surface area (Å²) in [7, 11) is 4.80. The second kappa shape index (κ2) is 8.03. The molecule has 1 N–H and O–H groups in total. The van der Waals surface area contributed by atoms with E-state index in [1.54, 1.807) is 31.2 Å². The first-order valence-electron chi connectivity index (χ1n) is 8.50. The number of nitrogens with zero attached hydrogens (tertiary/aromatic N) is 4. The van der Waals surface area contributed by atoms with Gasteiger partial charge in [0.15, 0.2) is 0 Å². The van der Waals surface area contributed by atoms with Crippen molar-refractivity contribution in [2.75, 3.05) is 14.2 Å². The zero-order valence-corrected chi connectivity index (χ0v) is 15.1. The summed E-state index contributed by atoms with van der Waals surface area (Å²) in [5, 5.41) is 7.16. The van der Waals surface area contributed by atoms with Crippen LogP contribution in [0.4, 0.5) is 0 Å². The standard InChI is InChI=1S/C17H23N5O4/c1-22-10-13(17(21-22)25-3)16(23)19-11-4-6-12(7-5-11)26-15-9-18-8-14(20-15)24-2/h8-12H,4-7H2,1-3H3,(H,19,23). The molecule has 1 amide bonds. The Bertz CT molecular complexity index is 755. The molecule has 0 saturated heterocycles. The van der Waals surface area contributed by atoms with Crippen LogP contribution in [0.5, 0.6) is 17.6 Å². The fourth-order valence-corrected chi connectivity index (χ4v) is 3.02. The molecule has 2 heterocycles. The van der Waals surface area contributed by atoms with E-state index in [1.807, 2.05) is 0 Å². The van der Waals surface area contributed by atoms with Gasteiger partial charge in [0, 0.05) is 19.3 Å². The molecule has 3 rings (SSSR count). The molecule has 0 radical (unpaired) electrons. The Labute approximate surface area is 151 Å². The lowest BCUT2D eigenvalue weighted by atomic mass is 9.93. The Morgan fingerprint density at radius 1 is 1.15 bits per heavy atom. The molecule has 0 spiro atoms. The van der Waals surface area contributed by atoms with Crippen LogP contribution in [0.3, 0.4) is 0 Å². The fraction of sp³-hybridized carbons (Fsp3) is 0.529. The van der Waals surface area contributed by atoms with Crippen molar-refractivity contribution in [2.45, 2.75) is 37.8 Å². The zero-order chi connectivity index (χ0) is 18.5. The number of nitrogens with one attached hydrogen (secondary N) is 1. The molecule has 140 valence electrons. The highest BCUT2D eigenvalue weighted by Gasteiger charge is 2.26. The van der Waals surface area contributed by atoms with Crippen LogP contribution in [0.15, 0.2) is 18.6 Å². The lowest BCUT2D eigenvalue weighted by Crippen LogP contribution is -2.39. The Morgan fingerprint density at radius 2 is 1.88 bits per heavy atom. The maximum Gasteiger partial charge on any atom is 0.258 e. The van der Waals surface area contributed by atoms with E-state index in [-0.39, 0.29) is 18.1 Å². The molecule has 0 bridgehead atoms. The summed E-state index contributed by atoms with van der Waals surface area (Å²) < 4.78 is 17.6. The number of aromatic nitrogens is 4. The highest BCUT2D eigenvalue weighted by molar-refractivity contribution is 5.96. The van der Waals surface area contributed by atoms with Crippen LogP contribution in [0.2, 0.25) is 0 Å². The van der Waals surface area contributed by atoms with E-state index < -0.39 is 0 Å². The van der Waals surface area contributed by atoms with E-state index in [1.165, 1.54) is 13.3 Å². The van der Waals surface area contributed by atoms with Crippen LogP contribution >= 0.6 is 0 Å². The van der Waals surface area contributed by atoms with E-state index in [0.29, 0.717) is 23.2 Å². The van der Waals surface area contributed by atoms with Crippen LogP contribution in [0, 0.1) is 0 Å². The smallest absolute Gasteiger partial charge is 0.258 e. The fourth-order valence-electron chi connectivity index (χ4n) is 3.02. The zero-order valence-electron chi connectivity index (χ0n) is 15.1. The summed E-state index contributed by atoms with van der Waals surface area (Å²) in [5.74, 6) is 1.04. The Kier molecular flexibility index (Phi) is 5.55. The number of methoxy groups -OCH3 is 2. The number of aryl methyl sites for hydroxylation is 1. The van der Waals surface area contributed by atoms with Gasteiger partial charge in [0.05, 0.1) is 26.6 Å². The van der Waals surface area contributed by atoms with Crippen LogP contribution in [0.1, 0.15) is 36.0 Å². The summed E-state index contributed by atoms with van der Waals surface area (Å²) in [6.07, 6.45) is 8.13. The summed E-state index contributed by atoms with van der Waals surface area (Å²) in [6.45, 7) is 0. The van der Waals surface area contributed by atoms with Gasteiger partial charge in [-0.15, -0.1) is 5.10 Å². The Balaban J connectivity index is 1.51. The average Bonchev–Trinajstić information content (AvgIpc) is 3.04. The number of carbonyl (C=O) groups excluding carboxylic acids is 1. The predicted octanol–water partition coefficient (Wildman–Crippen LogP) is 1.35. The maximum atomic E-state index is 12.4. The summed E-state index contributed by atoms with van der Waals surface area (Å²) in [6, 6.07) is 0.101. The van der Waals surface area contributed by atoms with Crippen molar-refractivity contribution in [1.29, 1.82) is 0 Å². The summed E-state index contributed by atoms with van der Waals surface area (Å²) >= 11 is 0. The summed E-state index contributed by atoms with van der Waals surface area (Å²) in [4.78, 5) is 20.7. The summed E-state index contributed by atoms with van der Waals surface area (Å²) in [5.41, 5.74) is 0.444. The highest BCUT2D eigenvalue weighted by Crippen LogP contribution is 2.24. The molecule has 9 nitrogen and oxygen atoms in total. The maximum absolute atomic E-state index is 12.4. The van der Waals surface area contributed by atoms with Crippen LogP contribution in [-0.2, 0) is 7.05 Å². The normalized spacial score (nSPS) is 19.7. The molecule has 0 aromatic carbocycles. The van der Waals surface area contributed by atoms with E-state index in [2.05, 4.69) is 20.4 Å². The van der Waals surface area contributed by atoms with Crippen LogP contribution in [0.25, 0.3) is 0 Å². The lowest BCUT2D eigenvalue weighted by Gasteiger charge is -2.29. The SMILES string of the molecule is COc1cncc(OC2CCC(NC(=O)c3cn(C)nc3OC)CC2)n1. The minimum atomic E-state index is -0.169. The van der Waals surface area contributed by atoms with Gasteiger partial charge in [-0.25, -0.2) is 0 Å². The van der Waals surface area contributed by atoms with Crippen molar-refractivity contribution in [2.24, 2.45) is 7.05 Å². The number of ether oxygens (including phenoxy) is 3. The molecule has 1 saturated carbocycles. The second-order valence-corrected chi connectivity index (χ2v) is 6.19. The third-order valence-electron chi connectivity index (χ3n) is 4.33. The molecule has 0 aliphatic heterocycles. The number of hydrogen-bond acceptors (Lipinski definition) is 7. The molecule has 2 aromatic rings. The molecule has 0 unspecified atom stereocenters. The molecule has 1 aliphatic carbocycles. The average molecular weight is 361 g/mol. The van der Waals surface area contributed by atoms with E-state index in [4.69, 9.17) is 14.2 Å². The van der Waals surface area contributed by atoms with Gasteiger partial charge in [-0.1, -0.05) is 0 Å². The Morgan fingerprint density at radius 3 is 2.58 bits per heavy atom. The number of amides is 1. The van der Waals surface area contributed by atoms with Crippen molar-refractivity contribution >= 4 is 5.91 Å². The molecular weight excluding hydrogens is 338 g/mol. The third kappa shape index (κ3) is 4.22. The van der Waals surface area contributed by atoms with Crippen LogP contribution < -0.4 is 19.5 Å². The van der Waals surface area contributed by atoms with E-state index in [0.717, 1.165) is 25.7 Å². The molecule has 2 aromatic heterocycles. The van der Waals surface area contributed by atoms with Crippen molar-refractivity contribution in [3.05, 3.63) is 24.2 Å². The first-order valence-corrected chi connectivity index (χ1v) is 8.50. The molecule has 1 fully saturated rings. The minimum Gasteiger partial charge on any atom is -0.480 e. The molecule has 0 atom stereocenters. The van der Waals surface area contributed by atoms with Gasteiger partial charge < -0.3 is 19.5 Å². The van der Waals surface area contributed by atoms with Crippen molar-refractivity contribution in [3.63, 3.8) is 0 Å². The van der Waals surface area contributed by atoms with Crippen molar-refractivity contribution in [1.82, 2.24) is 25.1 Å². The molecule has 1 aliphatic rings. The number of carbonyl (C=O) groups is 1. The van der Waals surface area contributed by atoms with E-state index >= 15 is 0 Å². The van der Waals surface area contributed by atoms with Gasteiger partial charge in [-0.2, -0.15) is 4.98 Å². The quantitative estimate of drug-likeness (QED) is 0.829. The van der Waals surface area contributed by atoms with Gasteiger partial charge in [0.1, 0.15) is 11.7 Å². The van der Waals surface area contributed by atoms with Crippen molar-refractivity contribution in [3.8, 4) is 17.6 Å². The molecule has 9 heteroatoms. The van der Waals surface area contributed by atoms with Gasteiger partial charge in [0.25, 0.3) is 5.91 Å². The Hall–Kier alpha value is -2.84. The van der Waals surface area contributed by atoms with Gasteiger partial charge in [-0.3, -0.25) is 14.5 Å². The number of hydrogen-bond donors (Lipinski definition) is 1. The van der Waals surface area contributed by atoms with Crippen molar-refractivity contribution < 1.29 is 19.0 Å². The van der Waals surface area contributed by atoms with E-state index in [9.17, 15) is 4.79 Å². The second-order valence-electron chi connectivity index (χ2n) is 6.19. The largest absolute Gasteiger partial charge is 0.480 e. The van der Waals surface area contributed by atoms with Gasteiger partial charge in [-0.05, 0) is 25.7 Å². The first kappa shape index (κ1) is 18.0. The first-order chi connectivity index (χ1) is 12.6. The minimum absolute atomic E-state index is 0.0532. The molecule has 26 heavy (non-hydrogen) atoms. The predicted molar refractivity (Wildman–Crippen MR) is 92.5 cm³/mol. The highest BCUT2D eigenvalue weighted by atomic mass is 16.5. The van der Waals surface area contributed by atoms with Crippen LogP contribution in [-0.4, -0.2) is 52.0 Å². The molecular formula is C17H23N5O4. The monoisotopic (exact) mass is 361 g/mol. The topological polar surface area (TPSA) is 100 Å². The lowest BCUT2D eigenvalue weighted by molar-refractivity contribution is 0.0886. The third-order valence-corrected chi connectivity index (χ3v) is 4.33. The van der Waals surface area contributed by atoms with Gasteiger partial charge >= 0.3 is 0 Å². The van der Waals surface area contributed by atoms with Gasteiger partial charge in [0.2, 0.25) is 17.6 Å². The number of rotatable bonds is 6.